The van der Waals surface area contributed by atoms with E-state index in [0.717, 1.165) is 4.90 Å². The number of aliphatic hydroxyl groups is 4. The van der Waals surface area contributed by atoms with Crippen LogP contribution in [0.2, 0.25) is 0 Å². The highest BCUT2D eigenvalue weighted by atomic mass is 31.2. The summed E-state index contributed by atoms with van der Waals surface area (Å²) in [5, 5.41) is 64.1. The van der Waals surface area contributed by atoms with Gasteiger partial charge in [-0.2, -0.15) is 4.99 Å². The Labute approximate surface area is 229 Å². The molecule has 3 rings (SSSR count). The number of carbonyl (C=O) groups excluding carboxylic acids is 2. The van der Waals surface area contributed by atoms with Gasteiger partial charge < -0.3 is 55.4 Å². The number of aryl methyl sites for hydroxylation is 2. The molecule has 41 heavy (non-hydrogen) atoms. The van der Waals surface area contributed by atoms with Gasteiger partial charge in [-0.3, -0.25) is 14.6 Å². The van der Waals surface area contributed by atoms with Gasteiger partial charge in [-0.25, -0.2) is 18.9 Å². The zero-order chi connectivity index (χ0) is 31.0. The molecule has 2 heterocycles. The number of imide groups is 1. The number of phosphoric acid groups is 1. The zero-order valence-electron chi connectivity index (χ0n) is 21.1. The number of nitrogens with zero attached hydrogens (tertiary/aromatic N) is 2. The standard InChI is InChI=1S/C21H25N4O15P/c1-7-3-9-10(4-8(7)2)25(5-11(26)13(28)12(27)6-39-41(36,37)38)18-21(24-9,19(34)23-20(35)22-18)40-15(17(32)33)14(29)16(30)31/h3-4,11-13,24,26-29H,5-6H2,1-2H3,(H,30,31)(H,32,33)(H,23,34,35)(H2,36,37,38)/b15-14+/t11-,12-,13-,21-/m0/s1. The molecular weight excluding hydrogens is 579 g/mol. The molecule has 0 saturated heterocycles. The summed E-state index contributed by atoms with van der Waals surface area (Å²) in [6.07, 6.45) is -6.24. The number of hydrogen-bond acceptors (Lipinski definition) is 13. The zero-order valence-corrected chi connectivity index (χ0v) is 22.0. The summed E-state index contributed by atoms with van der Waals surface area (Å²) in [4.78, 5) is 70.8. The van der Waals surface area contributed by atoms with Crippen LogP contribution in [0.4, 0.5) is 16.2 Å². The molecule has 2 aliphatic rings. The Morgan fingerprint density at radius 3 is 2.22 bits per heavy atom. The van der Waals surface area contributed by atoms with Gasteiger partial charge in [-0.05, 0) is 37.1 Å². The first-order chi connectivity index (χ1) is 18.9. The number of carboxylic acid groups (broad SMARTS) is 2. The number of β-amino-alcohol motifs (C(OH)–C–C–N with tert-alkyl or cyclic N) is 1. The Morgan fingerprint density at radius 1 is 1.05 bits per heavy atom. The number of rotatable bonds is 11. The topological polar surface area (TPSA) is 305 Å². The van der Waals surface area contributed by atoms with Crippen LogP contribution in [0.25, 0.3) is 0 Å². The molecule has 0 fully saturated rings. The molecule has 0 spiro atoms. The molecule has 10 N–H and O–H groups in total. The van der Waals surface area contributed by atoms with Gasteiger partial charge in [-0.1, -0.05) is 0 Å². The third-order valence-electron chi connectivity index (χ3n) is 5.97. The van der Waals surface area contributed by atoms with Gasteiger partial charge in [0.1, 0.15) is 18.3 Å². The Hall–Kier alpha value is -4.10. The van der Waals surface area contributed by atoms with E-state index in [1.54, 1.807) is 19.2 Å². The molecule has 2 aliphatic heterocycles. The molecule has 4 atom stereocenters. The molecule has 0 unspecified atom stereocenters. The first kappa shape index (κ1) is 31.4. The lowest BCUT2D eigenvalue weighted by atomic mass is 9.97. The van der Waals surface area contributed by atoms with E-state index in [0.29, 0.717) is 11.1 Å². The van der Waals surface area contributed by atoms with Crippen LogP contribution in [-0.4, -0.2) is 107 Å². The SMILES string of the molecule is Cc1cc2c(cc1C)N(C[C@H](O)[C@H](O)[C@@H](O)COP(=O)(O)O)C1=NC(=O)NC(=O)[C@]1(O/C(C(=O)O)=C(/O)C(=O)O)N2. The number of hydrogen-bond donors (Lipinski definition) is 10. The quantitative estimate of drug-likeness (QED) is 0.0743. The summed E-state index contributed by atoms with van der Waals surface area (Å²) in [7, 11) is -5.06. The Bertz CT molecular complexity index is 1410. The van der Waals surface area contributed by atoms with Crippen LogP contribution in [0.1, 0.15) is 11.1 Å². The van der Waals surface area contributed by atoms with Crippen molar-refractivity contribution in [3.8, 4) is 0 Å². The van der Waals surface area contributed by atoms with Gasteiger partial charge in [0.15, 0.2) is 5.84 Å². The van der Waals surface area contributed by atoms with Gasteiger partial charge >= 0.3 is 37.4 Å². The van der Waals surface area contributed by atoms with Crippen molar-refractivity contribution in [2.45, 2.75) is 37.9 Å². The van der Waals surface area contributed by atoms with Crippen molar-refractivity contribution in [1.82, 2.24) is 5.32 Å². The van der Waals surface area contributed by atoms with Crippen molar-refractivity contribution in [3.63, 3.8) is 0 Å². The fourth-order valence-corrected chi connectivity index (χ4v) is 4.20. The van der Waals surface area contributed by atoms with E-state index in [1.165, 1.54) is 12.1 Å². The number of nitrogens with one attached hydrogen (secondary N) is 2. The molecule has 0 aliphatic carbocycles. The Morgan fingerprint density at radius 2 is 1.66 bits per heavy atom. The molecule has 0 aromatic heterocycles. The van der Waals surface area contributed by atoms with Crippen molar-refractivity contribution in [2.24, 2.45) is 4.99 Å². The summed E-state index contributed by atoms with van der Waals surface area (Å²) in [5.74, 6) is -9.92. The van der Waals surface area contributed by atoms with E-state index < -0.39 is 86.2 Å². The van der Waals surface area contributed by atoms with E-state index in [1.807, 2.05) is 0 Å². The molecule has 0 bridgehead atoms. The molecule has 1 aromatic rings. The van der Waals surface area contributed by atoms with E-state index in [9.17, 15) is 49.3 Å². The lowest BCUT2D eigenvalue weighted by Gasteiger charge is -2.46. The molecule has 3 amide bonds. The number of carboxylic acids is 2. The smallest absolute Gasteiger partial charge is 0.469 e. The minimum atomic E-state index is -5.06. The van der Waals surface area contributed by atoms with Crippen molar-refractivity contribution in [3.05, 3.63) is 34.8 Å². The van der Waals surface area contributed by atoms with E-state index >= 15 is 0 Å². The molecule has 20 heteroatoms. The number of aliphatic imine (C=N–C) groups is 1. The summed E-state index contributed by atoms with van der Waals surface area (Å²) in [5.41, 5.74) is -1.57. The minimum absolute atomic E-state index is 0.0110. The Kier molecular flexibility index (Phi) is 8.75. The molecule has 0 saturated carbocycles. The largest absolute Gasteiger partial charge is 0.499 e. The highest BCUT2D eigenvalue weighted by Gasteiger charge is 2.58. The second-order valence-corrected chi connectivity index (χ2v) is 10.1. The maximum Gasteiger partial charge on any atom is 0.469 e. The maximum absolute atomic E-state index is 13.2. The monoisotopic (exact) mass is 604 g/mol. The van der Waals surface area contributed by atoms with E-state index in [4.69, 9.17) is 19.6 Å². The molecule has 224 valence electrons. The van der Waals surface area contributed by atoms with Crippen LogP contribution < -0.4 is 15.5 Å². The first-order valence-electron chi connectivity index (χ1n) is 11.3. The number of phosphoric ester groups is 1. The molecule has 0 radical (unpaired) electrons. The number of aliphatic hydroxyl groups excluding tert-OH is 4. The van der Waals surface area contributed by atoms with Gasteiger partial charge in [0.2, 0.25) is 0 Å². The molecule has 19 nitrogen and oxygen atoms in total. The van der Waals surface area contributed by atoms with Crippen LogP contribution in [0, 0.1) is 13.8 Å². The number of benzene rings is 1. The summed E-state index contributed by atoms with van der Waals surface area (Å²) in [6, 6.07) is 1.63. The van der Waals surface area contributed by atoms with Crippen LogP contribution in [-0.2, 0) is 28.2 Å². The van der Waals surface area contributed by atoms with Crippen LogP contribution in [0.5, 0.6) is 0 Å². The number of carbonyl (C=O) groups is 4. The van der Waals surface area contributed by atoms with Crippen molar-refractivity contribution in [1.29, 1.82) is 0 Å². The minimum Gasteiger partial charge on any atom is -0.499 e. The van der Waals surface area contributed by atoms with Crippen molar-refractivity contribution < 1.29 is 73.4 Å². The Balaban J connectivity index is 2.17. The van der Waals surface area contributed by atoms with Crippen LogP contribution in [0.3, 0.4) is 0 Å². The number of amidine groups is 1. The third-order valence-corrected chi connectivity index (χ3v) is 6.46. The lowest BCUT2D eigenvalue weighted by Crippen LogP contribution is -2.70. The van der Waals surface area contributed by atoms with Crippen LogP contribution >= 0.6 is 7.82 Å². The third kappa shape index (κ3) is 6.46. The van der Waals surface area contributed by atoms with Gasteiger partial charge in [0.25, 0.3) is 11.5 Å². The number of fused-ring (bicyclic) bond motifs is 2. The van der Waals surface area contributed by atoms with Gasteiger partial charge in [0, 0.05) is 0 Å². The number of anilines is 2. The van der Waals surface area contributed by atoms with Gasteiger partial charge in [0.05, 0.1) is 24.5 Å². The van der Waals surface area contributed by atoms with Crippen molar-refractivity contribution in [2.75, 3.05) is 23.4 Å². The fraction of sp³-hybridized carbons (Fsp3) is 0.381. The highest BCUT2D eigenvalue weighted by Crippen LogP contribution is 2.41. The van der Waals surface area contributed by atoms with E-state index in [-0.39, 0.29) is 11.4 Å². The fourth-order valence-electron chi connectivity index (χ4n) is 3.85. The highest BCUT2D eigenvalue weighted by molar-refractivity contribution is 7.46. The second-order valence-electron chi connectivity index (χ2n) is 8.87. The second kappa shape index (κ2) is 11.4. The number of urea groups is 1. The summed E-state index contributed by atoms with van der Waals surface area (Å²) in [6.45, 7) is 1.37. The van der Waals surface area contributed by atoms with Crippen molar-refractivity contribution >= 4 is 48.9 Å². The average Bonchev–Trinajstić information content (AvgIpc) is 2.86. The maximum atomic E-state index is 13.2. The normalized spacial score (nSPS) is 21.2. The predicted molar refractivity (Wildman–Crippen MR) is 133 cm³/mol. The number of aliphatic carboxylic acids is 2. The van der Waals surface area contributed by atoms with Gasteiger partial charge in [-0.15, -0.1) is 0 Å². The predicted octanol–water partition coefficient (Wildman–Crippen LogP) is -1.97. The van der Waals surface area contributed by atoms with Crippen LogP contribution in [0.15, 0.2) is 28.6 Å². The number of amides is 3. The average molecular weight is 604 g/mol. The molecule has 1 aromatic carbocycles. The summed E-state index contributed by atoms with van der Waals surface area (Å²) < 4.78 is 20.3. The lowest BCUT2D eigenvalue weighted by molar-refractivity contribution is -0.146. The summed E-state index contributed by atoms with van der Waals surface area (Å²) >= 11 is 0. The first-order valence-corrected chi connectivity index (χ1v) is 12.9. The van der Waals surface area contributed by atoms with E-state index in [2.05, 4.69) is 14.8 Å². The molecular formula is C21H25N4O15P. The number of ether oxygens (including phenoxy) is 1.